The van der Waals surface area contributed by atoms with Crippen LogP contribution in [0.15, 0.2) is 4.99 Å². The molecule has 2 heterocycles. The first-order valence-corrected chi connectivity index (χ1v) is 8.01. The first-order valence-electron chi connectivity index (χ1n) is 8.01. The average molecular weight is 265 g/mol. The van der Waals surface area contributed by atoms with Gasteiger partial charge in [0.15, 0.2) is 5.96 Å². The zero-order valence-electron chi connectivity index (χ0n) is 11.9. The van der Waals surface area contributed by atoms with Gasteiger partial charge in [-0.3, -0.25) is 4.99 Å². The van der Waals surface area contributed by atoms with Gasteiger partial charge >= 0.3 is 0 Å². The molecule has 1 saturated heterocycles. The number of guanidine groups is 1. The van der Waals surface area contributed by atoms with Crippen LogP contribution in [0, 0.1) is 5.92 Å². The highest BCUT2D eigenvalue weighted by molar-refractivity contribution is 5.80. The summed E-state index contributed by atoms with van der Waals surface area (Å²) in [6.45, 7) is 2.77. The second-order valence-corrected chi connectivity index (χ2v) is 6.38. The highest BCUT2D eigenvalue weighted by atomic mass is 16.5. The third-order valence-electron chi connectivity index (χ3n) is 4.95. The number of nitrogens with zero attached hydrogens (tertiary/aromatic N) is 2. The van der Waals surface area contributed by atoms with Gasteiger partial charge in [-0.25, -0.2) is 0 Å². The van der Waals surface area contributed by atoms with Gasteiger partial charge in [0, 0.05) is 13.2 Å². The molecule has 4 nitrogen and oxygen atoms in total. The summed E-state index contributed by atoms with van der Waals surface area (Å²) in [5, 5.41) is 0. The monoisotopic (exact) mass is 265 g/mol. The standard InChI is InChI=1S/C15H27N3O/c16-15-17-10-13(9-12-5-2-1-3-6-12)18(15)11-14-7-4-8-19-14/h12-14H,1-11H2,(H2,16,17). The fraction of sp³-hybridized carbons (Fsp3) is 0.933. The van der Waals surface area contributed by atoms with Crippen molar-refractivity contribution in [2.24, 2.45) is 16.6 Å². The molecule has 4 heteroatoms. The Labute approximate surface area is 116 Å². The summed E-state index contributed by atoms with van der Waals surface area (Å²) >= 11 is 0. The quantitative estimate of drug-likeness (QED) is 0.847. The van der Waals surface area contributed by atoms with Gasteiger partial charge in [0.1, 0.15) is 0 Å². The maximum absolute atomic E-state index is 6.07. The van der Waals surface area contributed by atoms with E-state index in [0.29, 0.717) is 12.1 Å². The third kappa shape index (κ3) is 3.22. The Balaban J connectivity index is 1.54. The van der Waals surface area contributed by atoms with Gasteiger partial charge in [-0.05, 0) is 25.2 Å². The molecular weight excluding hydrogens is 238 g/mol. The zero-order valence-corrected chi connectivity index (χ0v) is 11.9. The fourth-order valence-corrected chi connectivity index (χ4v) is 3.84. The van der Waals surface area contributed by atoms with E-state index >= 15 is 0 Å². The molecule has 2 aliphatic heterocycles. The molecule has 19 heavy (non-hydrogen) atoms. The minimum Gasteiger partial charge on any atom is -0.376 e. The largest absolute Gasteiger partial charge is 0.376 e. The molecule has 0 spiro atoms. The van der Waals surface area contributed by atoms with Gasteiger partial charge < -0.3 is 15.4 Å². The molecule has 0 aromatic carbocycles. The highest BCUT2D eigenvalue weighted by Crippen LogP contribution is 2.30. The number of hydrogen-bond acceptors (Lipinski definition) is 4. The van der Waals surface area contributed by atoms with Crippen molar-refractivity contribution >= 4 is 5.96 Å². The van der Waals surface area contributed by atoms with Crippen molar-refractivity contribution in [3.63, 3.8) is 0 Å². The molecule has 1 aliphatic carbocycles. The van der Waals surface area contributed by atoms with Crippen LogP contribution in [0.25, 0.3) is 0 Å². The van der Waals surface area contributed by atoms with Crippen molar-refractivity contribution in [1.29, 1.82) is 0 Å². The molecule has 3 aliphatic rings. The minimum absolute atomic E-state index is 0.376. The second-order valence-electron chi connectivity index (χ2n) is 6.38. The Morgan fingerprint density at radius 2 is 2.00 bits per heavy atom. The molecule has 2 N–H and O–H groups in total. The first kappa shape index (κ1) is 13.2. The predicted octanol–water partition coefficient (Wildman–Crippen LogP) is 2.13. The van der Waals surface area contributed by atoms with Crippen LogP contribution in [0.4, 0.5) is 0 Å². The molecule has 0 aromatic heterocycles. The lowest BCUT2D eigenvalue weighted by Gasteiger charge is -2.32. The number of rotatable bonds is 4. The Morgan fingerprint density at radius 1 is 1.16 bits per heavy atom. The SMILES string of the molecule is NC1=NCC(CC2CCCCC2)N1CC1CCCO1. The molecular formula is C15H27N3O. The van der Waals surface area contributed by atoms with E-state index in [1.54, 1.807) is 0 Å². The van der Waals surface area contributed by atoms with Crippen molar-refractivity contribution < 1.29 is 4.74 Å². The molecule has 2 fully saturated rings. The Hall–Kier alpha value is -0.770. The highest BCUT2D eigenvalue weighted by Gasteiger charge is 2.31. The fourth-order valence-electron chi connectivity index (χ4n) is 3.84. The van der Waals surface area contributed by atoms with Gasteiger partial charge in [0.2, 0.25) is 0 Å². The van der Waals surface area contributed by atoms with Crippen molar-refractivity contribution in [1.82, 2.24) is 4.90 Å². The van der Waals surface area contributed by atoms with Crippen LogP contribution in [0.5, 0.6) is 0 Å². The molecule has 3 rings (SSSR count). The number of aliphatic imine (C=N–C) groups is 1. The van der Waals surface area contributed by atoms with Gasteiger partial charge in [-0.2, -0.15) is 0 Å². The van der Waals surface area contributed by atoms with Gasteiger partial charge in [0.05, 0.1) is 18.7 Å². The van der Waals surface area contributed by atoms with Crippen LogP contribution in [-0.2, 0) is 4.74 Å². The topological polar surface area (TPSA) is 50.8 Å². The summed E-state index contributed by atoms with van der Waals surface area (Å²) in [4.78, 5) is 6.80. The number of nitrogens with two attached hydrogens (primary N) is 1. The van der Waals surface area contributed by atoms with E-state index < -0.39 is 0 Å². The van der Waals surface area contributed by atoms with E-state index in [1.807, 2.05) is 0 Å². The number of hydrogen-bond donors (Lipinski definition) is 1. The molecule has 0 aromatic rings. The lowest BCUT2D eigenvalue weighted by Crippen LogP contribution is -2.45. The van der Waals surface area contributed by atoms with E-state index in [-0.39, 0.29) is 0 Å². The smallest absolute Gasteiger partial charge is 0.191 e. The van der Waals surface area contributed by atoms with Crippen LogP contribution in [0.1, 0.15) is 51.4 Å². The molecule has 0 bridgehead atoms. The molecule has 0 amide bonds. The summed E-state index contributed by atoms with van der Waals surface area (Å²) in [5.74, 6) is 1.64. The summed E-state index contributed by atoms with van der Waals surface area (Å²) in [6.07, 6.45) is 11.1. The summed E-state index contributed by atoms with van der Waals surface area (Å²) in [6, 6.07) is 0.535. The van der Waals surface area contributed by atoms with Crippen LogP contribution in [0.3, 0.4) is 0 Å². The molecule has 0 radical (unpaired) electrons. The van der Waals surface area contributed by atoms with Crippen LogP contribution in [-0.4, -0.2) is 42.7 Å². The van der Waals surface area contributed by atoms with Gasteiger partial charge in [-0.15, -0.1) is 0 Å². The van der Waals surface area contributed by atoms with Gasteiger partial charge in [0.25, 0.3) is 0 Å². The van der Waals surface area contributed by atoms with E-state index in [1.165, 1.54) is 51.4 Å². The summed E-state index contributed by atoms with van der Waals surface area (Å²) < 4.78 is 5.75. The second kappa shape index (κ2) is 6.12. The predicted molar refractivity (Wildman–Crippen MR) is 77.1 cm³/mol. The molecule has 1 saturated carbocycles. The normalized spacial score (nSPS) is 32.8. The van der Waals surface area contributed by atoms with E-state index in [2.05, 4.69) is 9.89 Å². The lowest BCUT2D eigenvalue weighted by molar-refractivity contribution is 0.0816. The van der Waals surface area contributed by atoms with E-state index in [4.69, 9.17) is 10.5 Å². The summed E-state index contributed by atoms with van der Waals surface area (Å²) in [5.41, 5.74) is 6.07. The van der Waals surface area contributed by atoms with Crippen LogP contribution in [0.2, 0.25) is 0 Å². The van der Waals surface area contributed by atoms with Crippen LogP contribution >= 0.6 is 0 Å². The van der Waals surface area contributed by atoms with E-state index in [9.17, 15) is 0 Å². The number of ether oxygens (including phenoxy) is 1. The molecule has 108 valence electrons. The van der Waals surface area contributed by atoms with Crippen molar-refractivity contribution in [3.8, 4) is 0 Å². The summed E-state index contributed by atoms with van der Waals surface area (Å²) in [7, 11) is 0. The minimum atomic E-state index is 0.376. The van der Waals surface area contributed by atoms with Crippen molar-refractivity contribution in [3.05, 3.63) is 0 Å². The van der Waals surface area contributed by atoms with Gasteiger partial charge in [-0.1, -0.05) is 32.1 Å². The van der Waals surface area contributed by atoms with E-state index in [0.717, 1.165) is 31.6 Å². The Kier molecular flexibility index (Phi) is 4.26. The van der Waals surface area contributed by atoms with Crippen molar-refractivity contribution in [2.75, 3.05) is 19.7 Å². The molecule has 2 atom stereocenters. The molecule has 2 unspecified atom stereocenters. The Morgan fingerprint density at radius 3 is 2.74 bits per heavy atom. The maximum Gasteiger partial charge on any atom is 0.191 e. The average Bonchev–Trinajstić information content (AvgIpc) is 3.05. The lowest BCUT2D eigenvalue weighted by atomic mass is 9.84. The first-order chi connectivity index (χ1) is 9.33. The zero-order chi connectivity index (χ0) is 13.1. The Bertz CT molecular complexity index is 319. The van der Waals surface area contributed by atoms with Crippen molar-refractivity contribution in [2.45, 2.75) is 63.5 Å². The van der Waals surface area contributed by atoms with Crippen LogP contribution < -0.4 is 5.73 Å². The third-order valence-corrected chi connectivity index (χ3v) is 4.95. The maximum atomic E-state index is 6.07.